The number of aryl methyl sites for hydroxylation is 1. The highest BCUT2D eigenvalue weighted by atomic mass is 16.1. The number of hydrogen-bond acceptors (Lipinski definition) is 2. The number of amides is 1. The first-order chi connectivity index (χ1) is 11.8. The lowest BCUT2D eigenvalue weighted by molar-refractivity contribution is -0.120. The van der Waals surface area contributed by atoms with Crippen LogP contribution in [0.25, 0.3) is 11.1 Å². The van der Waals surface area contributed by atoms with Gasteiger partial charge in [0.2, 0.25) is 5.91 Å². The van der Waals surface area contributed by atoms with Crippen molar-refractivity contribution in [3.05, 3.63) is 71.4 Å². The Kier molecular flexibility index (Phi) is 5.44. The molecule has 3 rings (SSSR count). The molecular weight excluding hydrogens is 296 g/mol. The van der Waals surface area contributed by atoms with Gasteiger partial charge in [-0.15, -0.1) is 0 Å². The monoisotopic (exact) mass is 320 g/mol. The number of nitrogens with one attached hydrogen (secondary N) is 1. The molecule has 2 aromatic carbocycles. The highest BCUT2D eigenvalue weighted by Gasteiger charge is 2.15. The van der Waals surface area contributed by atoms with Crippen molar-refractivity contribution < 1.29 is 4.79 Å². The summed E-state index contributed by atoms with van der Waals surface area (Å²) >= 11 is 0. The number of nitrogens with two attached hydrogens (primary N) is 1. The molecule has 3 heteroatoms. The molecule has 0 aliphatic heterocycles. The maximum atomic E-state index is 12.1. The molecule has 0 atom stereocenters. The SMILES string of the molecule is NCC1=C(NC(=O)CCc2ccc(-c3ccccc3)cc2)CCC1. The van der Waals surface area contributed by atoms with E-state index < -0.39 is 0 Å². The van der Waals surface area contributed by atoms with Crippen molar-refractivity contribution in [3.63, 3.8) is 0 Å². The van der Waals surface area contributed by atoms with Crippen molar-refractivity contribution in [3.8, 4) is 11.1 Å². The molecule has 2 aromatic rings. The number of allylic oxidation sites excluding steroid dienone is 1. The summed E-state index contributed by atoms with van der Waals surface area (Å²) in [4.78, 5) is 12.1. The maximum absolute atomic E-state index is 12.1. The van der Waals surface area contributed by atoms with E-state index in [4.69, 9.17) is 5.73 Å². The number of carbonyl (C=O) groups is 1. The number of hydrogen-bond donors (Lipinski definition) is 2. The third-order valence-corrected chi connectivity index (χ3v) is 4.57. The van der Waals surface area contributed by atoms with Crippen LogP contribution in [0.5, 0.6) is 0 Å². The molecule has 1 amide bonds. The standard InChI is InChI=1S/C21H24N2O/c22-15-19-7-4-8-20(19)23-21(24)14-11-16-9-12-18(13-10-16)17-5-2-1-3-6-17/h1-3,5-6,9-10,12-13H,4,7-8,11,14-15,22H2,(H,23,24). The van der Waals surface area contributed by atoms with E-state index >= 15 is 0 Å². The van der Waals surface area contributed by atoms with Crippen molar-refractivity contribution >= 4 is 5.91 Å². The summed E-state index contributed by atoms with van der Waals surface area (Å²) < 4.78 is 0. The molecule has 0 spiro atoms. The Morgan fingerprint density at radius 1 is 0.958 bits per heavy atom. The van der Waals surface area contributed by atoms with E-state index in [-0.39, 0.29) is 5.91 Å². The van der Waals surface area contributed by atoms with E-state index in [1.807, 2.05) is 18.2 Å². The van der Waals surface area contributed by atoms with Crippen LogP contribution in [0.2, 0.25) is 0 Å². The molecule has 0 saturated carbocycles. The highest BCUT2D eigenvalue weighted by molar-refractivity contribution is 5.78. The van der Waals surface area contributed by atoms with Gasteiger partial charge in [-0.2, -0.15) is 0 Å². The lowest BCUT2D eigenvalue weighted by atomic mass is 10.0. The van der Waals surface area contributed by atoms with E-state index in [1.54, 1.807) is 0 Å². The Morgan fingerprint density at radius 3 is 2.38 bits per heavy atom. The first-order valence-electron chi connectivity index (χ1n) is 8.61. The minimum absolute atomic E-state index is 0.0879. The van der Waals surface area contributed by atoms with Crippen molar-refractivity contribution in [2.45, 2.75) is 32.1 Å². The van der Waals surface area contributed by atoms with Gasteiger partial charge in [0.15, 0.2) is 0 Å². The number of rotatable bonds is 6. The predicted molar refractivity (Wildman–Crippen MR) is 98.3 cm³/mol. The van der Waals surface area contributed by atoms with Crippen LogP contribution in [0.3, 0.4) is 0 Å². The van der Waals surface area contributed by atoms with Gasteiger partial charge in [0.05, 0.1) is 0 Å². The largest absolute Gasteiger partial charge is 0.330 e. The average molecular weight is 320 g/mol. The quantitative estimate of drug-likeness (QED) is 0.850. The molecule has 1 aliphatic rings. The van der Waals surface area contributed by atoms with Gasteiger partial charge in [-0.25, -0.2) is 0 Å². The van der Waals surface area contributed by atoms with Gasteiger partial charge in [-0.1, -0.05) is 54.6 Å². The van der Waals surface area contributed by atoms with E-state index in [1.165, 1.54) is 22.3 Å². The zero-order chi connectivity index (χ0) is 16.8. The van der Waals surface area contributed by atoms with E-state index in [0.717, 1.165) is 31.4 Å². The Balaban J connectivity index is 1.54. The Hall–Kier alpha value is -2.39. The number of carbonyl (C=O) groups excluding carboxylic acids is 1. The molecule has 0 fully saturated rings. The number of benzene rings is 2. The molecule has 3 nitrogen and oxygen atoms in total. The molecular formula is C21H24N2O. The van der Waals surface area contributed by atoms with E-state index in [9.17, 15) is 4.79 Å². The topological polar surface area (TPSA) is 55.1 Å². The first-order valence-corrected chi connectivity index (χ1v) is 8.61. The normalized spacial score (nSPS) is 14.0. The molecule has 0 bridgehead atoms. The van der Waals surface area contributed by atoms with Crippen LogP contribution in [0.15, 0.2) is 65.9 Å². The van der Waals surface area contributed by atoms with Crippen LogP contribution < -0.4 is 11.1 Å². The summed E-state index contributed by atoms with van der Waals surface area (Å²) in [5.74, 6) is 0.0879. The lowest BCUT2D eigenvalue weighted by Crippen LogP contribution is -2.24. The summed E-state index contributed by atoms with van der Waals surface area (Å²) in [6.07, 6.45) is 4.33. The molecule has 124 valence electrons. The fourth-order valence-corrected chi connectivity index (χ4v) is 3.17. The Bertz CT molecular complexity index is 717. The average Bonchev–Trinajstić information content (AvgIpc) is 3.08. The van der Waals surface area contributed by atoms with E-state index in [0.29, 0.717) is 13.0 Å². The van der Waals surface area contributed by atoms with Gasteiger partial charge >= 0.3 is 0 Å². The van der Waals surface area contributed by atoms with Crippen molar-refractivity contribution in [1.29, 1.82) is 0 Å². The molecule has 0 unspecified atom stereocenters. The summed E-state index contributed by atoms with van der Waals surface area (Å²) in [5, 5.41) is 3.05. The first kappa shape index (κ1) is 16.5. The zero-order valence-corrected chi connectivity index (χ0v) is 13.9. The van der Waals surface area contributed by atoms with Crippen molar-refractivity contribution in [2.24, 2.45) is 5.73 Å². The summed E-state index contributed by atoms with van der Waals surface area (Å²) in [6.45, 7) is 0.552. The smallest absolute Gasteiger partial charge is 0.224 e. The Labute approximate surface area is 143 Å². The molecule has 0 radical (unpaired) electrons. The summed E-state index contributed by atoms with van der Waals surface area (Å²) in [6, 6.07) is 18.8. The Morgan fingerprint density at radius 2 is 1.67 bits per heavy atom. The minimum Gasteiger partial charge on any atom is -0.330 e. The molecule has 24 heavy (non-hydrogen) atoms. The molecule has 0 saturated heterocycles. The van der Waals surface area contributed by atoms with Crippen LogP contribution in [-0.2, 0) is 11.2 Å². The third kappa shape index (κ3) is 4.12. The van der Waals surface area contributed by atoms with Crippen molar-refractivity contribution in [2.75, 3.05) is 6.54 Å². The lowest BCUT2D eigenvalue weighted by Gasteiger charge is -2.09. The summed E-state index contributed by atoms with van der Waals surface area (Å²) in [5.41, 5.74) is 11.6. The van der Waals surface area contributed by atoms with Gasteiger partial charge < -0.3 is 11.1 Å². The molecule has 3 N–H and O–H groups in total. The third-order valence-electron chi connectivity index (χ3n) is 4.57. The van der Waals surface area contributed by atoms with E-state index in [2.05, 4.69) is 41.7 Å². The second-order valence-corrected chi connectivity index (χ2v) is 6.25. The predicted octanol–water partition coefficient (Wildman–Crippen LogP) is 3.80. The van der Waals surface area contributed by atoms with Crippen LogP contribution in [0.4, 0.5) is 0 Å². The second kappa shape index (κ2) is 7.93. The molecule has 1 aliphatic carbocycles. The van der Waals surface area contributed by atoms with Gasteiger partial charge in [-0.3, -0.25) is 4.79 Å². The summed E-state index contributed by atoms with van der Waals surface area (Å²) in [7, 11) is 0. The second-order valence-electron chi connectivity index (χ2n) is 6.25. The van der Waals surface area contributed by atoms with Gasteiger partial charge in [0.1, 0.15) is 0 Å². The van der Waals surface area contributed by atoms with Crippen molar-refractivity contribution in [1.82, 2.24) is 5.32 Å². The van der Waals surface area contributed by atoms with Crippen LogP contribution >= 0.6 is 0 Å². The van der Waals surface area contributed by atoms with Gasteiger partial charge in [-0.05, 0) is 47.9 Å². The maximum Gasteiger partial charge on any atom is 0.224 e. The highest BCUT2D eigenvalue weighted by Crippen LogP contribution is 2.23. The minimum atomic E-state index is 0.0879. The van der Waals surface area contributed by atoms with Crippen LogP contribution in [0, 0.1) is 0 Å². The van der Waals surface area contributed by atoms with Gasteiger partial charge in [0.25, 0.3) is 0 Å². The van der Waals surface area contributed by atoms with Crippen LogP contribution in [-0.4, -0.2) is 12.5 Å². The zero-order valence-electron chi connectivity index (χ0n) is 13.9. The fourth-order valence-electron chi connectivity index (χ4n) is 3.17. The molecule has 0 aromatic heterocycles. The van der Waals surface area contributed by atoms with Crippen LogP contribution in [0.1, 0.15) is 31.2 Å². The molecule has 0 heterocycles. The fraction of sp³-hybridized carbons (Fsp3) is 0.286. The van der Waals surface area contributed by atoms with Gasteiger partial charge in [0, 0.05) is 18.7 Å².